The SMILES string of the molecule is COc1cc(CO[C@H]2CN(C(=O)CN3CCOC3=O)CC(=O)N(C(C)C)C2)cc(OC)c1. The molecule has 176 valence electrons. The van der Waals surface area contributed by atoms with Crippen molar-refractivity contribution in [3.8, 4) is 11.5 Å². The van der Waals surface area contributed by atoms with Crippen molar-refractivity contribution in [2.75, 3.05) is 53.6 Å². The molecule has 10 nitrogen and oxygen atoms in total. The highest BCUT2D eigenvalue weighted by atomic mass is 16.6. The van der Waals surface area contributed by atoms with Crippen molar-refractivity contribution in [3.63, 3.8) is 0 Å². The minimum absolute atomic E-state index is 0.0332. The highest BCUT2D eigenvalue weighted by Crippen LogP contribution is 2.24. The van der Waals surface area contributed by atoms with E-state index in [2.05, 4.69) is 0 Å². The van der Waals surface area contributed by atoms with Gasteiger partial charge in [0.05, 0.1) is 40.0 Å². The second-order valence-corrected chi connectivity index (χ2v) is 8.10. The van der Waals surface area contributed by atoms with Crippen LogP contribution in [-0.4, -0.2) is 98.3 Å². The van der Waals surface area contributed by atoms with Crippen molar-refractivity contribution < 1.29 is 33.3 Å². The van der Waals surface area contributed by atoms with E-state index in [1.54, 1.807) is 25.2 Å². The maximum atomic E-state index is 12.9. The third-order valence-corrected chi connectivity index (χ3v) is 5.51. The zero-order chi connectivity index (χ0) is 23.3. The molecule has 0 aliphatic carbocycles. The first-order valence-corrected chi connectivity index (χ1v) is 10.6. The van der Waals surface area contributed by atoms with E-state index in [9.17, 15) is 14.4 Å². The normalized spacial score (nSPS) is 19.3. The first kappa shape index (κ1) is 23.6. The average molecular weight is 450 g/mol. The number of ether oxygens (including phenoxy) is 4. The molecule has 2 aliphatic rings. The second-order valence-electron chi connectivity index (χ2n) is 8.10. The molecule has 2 fully saturated rings. The van der Waals surface area contributed by atoms with Crippen molar-refractivity contribution in [2.24, 2.45) is 0 Å². The number of amides is 3. The fourth-order valence-electron chi connectivity index (χ4n) is 3.73. The molecule has 32 heavy (non-hydrogen) atoms. The van der Waals surface area contributed by atoms with Gasteiger partial charge in [-0.15, -0.1) is 0 Å². The number of hydrogen-bond acceptors (Lipinski definition) is 7. The topological polar surface area (TPSA) is 97.8 Å². The standard InChI is InChI=1S/C22H31N3O7/c1-15(2)25-11-19(32-14-16-7-17(29-3)9-18(8-16)30-4)10-24(13-21(25)27)20(26)12-23-5-6-31-22(23)28/h7-9,15,19H,5-6,10-14H2,1-4H3/t19-/m0/s1. The van der Waals surface area contributed by atoms with Gasteiger partial charge in [-0.2, -0.15) is 0 Å². The predicted octanol–water partition coefficient (Wildman–Crippen LogP) is 1.12. The lowest BCUT2D eigenvalue weighted by atomic mass is 10.2. The van der Waals surface area contributed by atoms with Gasteiger partial charge in [-0.25, -0.2) is 4.79 Å². The van der Waals surface area contributed by atoms with Crippen LogP contribution >= 0.6 is 0 Å². The third kappa shape index (κ3) is 5.82. The summed E-state index contributed by atoms with van der Waals surface area (Å²) in [6, 6.07) is 5.45. The lowest BCUT2D eigenvalue weighted by Crippen LogP contribution is -2.45. The molecule has 0 spiro atoms. The van der Waals surface area contributed by atoms with E-state index in [1.807, 2.05) is 26.0 Å². The maximum absolute atomic E-state index is 12.9. The number of cyclic esters (lactones) is 1. The van der Waals surface area contributed by atoms with E-state index < -0.39 is 12.2 Å². The van der Waals surface area contributed by atoms with Gasteiger partial charge in [-0.05, 0) is 31.5 Å². The number of hydrogen-bond donors (Lipinski definition) is 0. The molecule has 0 bridgehead atoms. The summed E-state index contributed by atoms with van der Waals surface area (Å²) in [5, 5.41) is 0. The van der Waals surface area contributed by atoms with Crippen molar-refractivity contribution in [2.45, 2.75) is 32.6 Å². The average Bonchev–Trinajstić information content (AvgIpc) is 3.08. The van der Waals surface area contributed by atoms with Gasteiger partial charge in [0.15, 0.2) is 0 Å². The fourth-order valence-corrected chi connectivity index (χ4v) is 3.73. The van der Waals surface area contributed by atoms with Gasteiger partial charge in [0, 0.05) is 25.2 Å². The van der Waals surface area contributed by atoms with Crippen molar-refractivity contribution >= 4 is 17.9 Å². The van der Waals surface area contributed by atoms with Crippen LogP contribution in [0.3, 0.4) is 0 Å². The molecular weight excluding hydrogens is 418 g/mol. The Bertz CT molecular complexity index is 823. The summed E-state index contributed by atoms with van der Waals surface area (Å²) in [5.74, 6) is 0.847. The van der Waals surface area contributed by atoms with E-state index in [4.69, 9.17) is 18.9 Å². The van der Waals surface area contributed by atoms with Gasteiger partial charge < -0.3 is 28.7 Å². The molecule has 3 amide bonds. The van der Waals surface area contributed by atoms with Crippen molar-refractivity contribution in [1.82, 2.24) is 14.7 Å². The maximum Gasteiger partial charge on any atom is 0.410 e. The molecular formula is C22H31N3O7. The lowest BCUT2D eigenvalue weighted by molar-refractivity contribution is -0.139. The molecule has 3 rings (SSSR count). The second kappa shape index (κ2) is 10.5. The van der Waals surface area contributed by atoms with Crippen molar-refractivity contribution in [1.29, 1.82) is 0 Å². The molecule has 0 saturated carbocycles. The summed E-state index contributed by atoms with van der Waals surface area (Å²) in [7, 11) is 3.16. The van der Waals surface area contributed by atoms with E-state index in [0.717, 1.165) is 5.56 Å². The minimum Gasteiger partial charge on any atom is -0.497 e. The highest BCUT2D eigenvalue weighted by Gasteiger charge is 2.34. The third-order valence-electron chi connectivity index (χ3n) is 5.51. The summed E-state index contributed by atoms with van der Waals surface area (Å²) in [5.41, 5.74) is 0.852. The minimum atomic E-state index is -0.511. The smallest absolute Gasteiger partial charge is 0.410 e. The van der Waals surface area contributed by atoms with Crippen LogP contribution in [0.2, 0.25) is 0 Å². The summed E-state index contributed by atoms with van der Waals surface area (Å²) in [6.45, 7) is 5.20. The molecule has 0 unspecified atom stereocenters. The molecule has 2 aliphatic heterocycles. The largest absolute Gasteiger partial charge is 0.497 e. The van der Waals surface area contributed by atoms with E-state index in [-0.39, 0.29) is 50.7 Å². The van der Waals surface area contributed by atoms with Crippen LogP contribution in [0.1, 0.15) is 19.4 Å². The van der Waals surface area contributed by atoms with Crippen LogP contribution in [0.25, 0.3) is 0 Å². The zero-order valence-electron chi connectivity index (χ0n) is 19.0. The first-order chi connectivity index (χ1) is 15.3. The Kier molecular flexibility index (Phi) is 7.79. The van der Waals surface area contributed by atoms with Gasteiger partial charge in [-0.1, -0.05) is 0 Å². The molecule has 1 atom stereocenters. The van der Waals surface area contributed by atoms with Gasteiger partial charge >= 0.3 is 6.09 Å². The van der Waals surface area contributed by atoms with Gasteiger partial charge in [0.2, 0.25) is 11.8 Å². The predicted molar refractivity (Wildman–Crippen MR) is 114 cm³/mol. The van der Waals surface area contributed by atoms with E-state index >= 15 is 0 Å². The van der Waals surface area contributed by atoms with Crippen LogP contribution in [0.4, 0.5) is 4.79 Å². The number of carbonyl (C=O) groups excluding carboxylic acids is 3. The number of nitrogens with zero attached hydrogens (tertiary/aromatic N) is 3. The number of carbonyl (C=O) groups is 3. The number of methoxy groups -OCH3 is 2. The zero-order valence-corrected chi connectivity index (χ0v) is 19.0. The molecule has 2 saturated heterocycles. The quantitative estimate of drug-likeness (QED) is 0.587. The van der Waals surface area contributed by atoms with Crippen LogP contribution in [0.5, 0.6) is 11.5 Å². The van der Waals surface area contributed by atoms with E-state index in [0.29, 0.717) is 24.6 Å². The molecule has 2 heterocycles. The van der Waals surface area contributed by atoms with Gasteiger partial charge in [0.25, 0.3) is 0 Å². The van der Waals surface area contributed by atoms with E-state index in [1.165, 1.54) is 9.80 Å². The highest BCUT2D eigenvalue weighted by molar-refractivity contribution is 5.88. The Morgan fingerprint density at radius 1 is 1.12 bits per heavy atom. The van der Waals surface area contributed by atoms with Crippen LogP contribution in [-0.2, 0) is 25.7 Å². The molecule has 1 aromatic rings. The lowest BCUT2D eigenvalue weighted by Gasteiger charge is -2.27. The van der Waals surface area contributed by atoms with Crippen LogP contribution < -0.4 is 9.47 Å². The fraction of sp³-hybridized carbons (Fsp3) is 0.591. The molecule has 0 N–H and O–H groups in total. The molecule has 0 radical (unpaired) electrons. The molecule has 10 heteroatoms. The Morgan fingerprint density at radius 3 is 2.38 bits per heavy atom. The first-order valence-electron chi connectivity index (χ1n) is 10.6. The Hall–Kier alpha value is -3.01. The summed E-state index contributed by atoms with van der Waals surface area (Å²) in [6.07, 6.45) is -0.904. The number of rotatable bonds is 8. The molecule has 1 aromatic carbocycles. The van der Waals surface area contributed by atoms with Gasteiger partial charge in [-0.3, -0.25) is 14.5 Å². The van der Waals surface area contributed by atoms with Crippen LogP contribution in [0.15, 0.2) is 18.2 Å². The summed E-state index contributed by atoms with van der Waals surface area (Å²) >= 11 is 0. The Balaban J connectivity index is 1.72. The van der Waals surface area contributed by atoms with Gasteiger partial charge in [0.1, 0.15) is 24.7 Å². The Labute approximate surface area is 187 Å². The summed E-state index contributed by atoms with van der Waals surface area (Å²) in [4.78, 5) is 41.9. The summed E-state index contributed by atoms with van der Waals surface area (Å²) < 4.78 is 21.7. The number of benzene rings is 1. The van der Waals surface area contributed by atoms with Crippen molar-refractivity contribution in [3.05, 3.63) is 23.8 Å². The molecule has 0 aromatic heterocycles. The Morgan fingerprint density at radius 2 is 1.81 bits per heavy atom. The van der Waals surface area contributed by atoms with Crippen LogP contribution in [0, 0.1) is 0 Å². The monoisotopic (exact) mass is 449 g/mol.